The number of halogens is 1. The van der Waals surface area contributed by atoms with Gasteiger partial charge in [-0.15, -0.1) is 24.0 Å². The first-order chi connectivity index (χ1) is 11.6. The highest BCUT2D eigenvalue weighted by molar-refractivity contribution is 14.0. The van der Waals surface area contributed by atoms with Crippen molar-refractivity contribution in [1.82, 2.24) is 15.5 Å². The van der Waals surface area contributed by atoms with Crippen LogP contribution in [0.15, 0.2) is 4.99 Å². The van der Waals surface area contributed by atoms with E-state index < -0.39 is 0 Å². The van der Waals surface area contributed by atoms with Gasteiger partial charge in [-0.25, -0.2) is 0 Å². The van der Waals surface area contributed by atoms with Gasteiger partial charge in [-0.2, -0.15) is 0 Å². The van der Waals surface area contributed by atoms with E-state index in [1.807, 2.05) is 0 Å². The van der Waals surface area contributed by atoms with Gasteiger partial charge in [0.2, 0.25) is 0 Å². The molecule has 0 saturated heterocycles. The number of carbonyl (C=O) groups is 1. The van der Waals surface area contributed by atoms with Crippen LogP contribution in [0.5, 0.6) is 0 Å². The average molecular weight is 472 g/mol. The molecule has 0 aromatic rings. The fraction of sp³-hybridized carbons (Fsp3) is 0.882. The molecular formula is C17H37IN4O3. The first-order valence-corrected chi connectivity index (χ1v) is 8.90. The lowest BCUT2D eigenvalue weighted by Crippen LogP contribution is -2.41. The minimum absolute atomic E-state index is 0. The Morgan fingerprint density at radius 1 is 1.08 bits per heavy atom. The van der Waals surface area contributed by atoms with Gasteiger partial charge in [0.05, 0.1) is 7.11 Å². The van der Waals surface area contributed by atoms with Crippen molar-refractivity contribution in [2.75, 3.05) is 60.6 Å². The summed E-state index contributed by atoms with van der Waals surface area (Å²) in [6, 6.07) is 0. The molecule has 0 fully saturated rings. The maximum Gasteiger partial charge on any atom is 0.305 e. The van der Waals surface area contributed by atoms with Crippen LogP contribution in [0.2, 0.25) is 0 Å². The highest BCUT2D eigenvalue weighted by Crippen LogP contribution is 2.01. The Balaban J connectivity index is 0. The van der Waals surface area contributed by atoms with Gasteiger partial charge in [0.25, 0.3) is 0 Å². The van der Waals surface area contributed by atoms with Crippen molar-refractivity contribution in [1.29, 1.82) is 0 Å². The Morgan fingerprint density at radius 3 is 2.48 bits per heavy atom. The van der Waals surface area contributed by atoms with Crippen molar-refractivity contribution >= 4 is 35.9 Å². The van der Waals surface area contributed by atoms with Gasteiger partial charge in [-0.3, -0.25) is 9.79 Å². The van der Waals surface area contributed by atoms with E-state index in [2.05, 4.69) is 39.2 Å². The molecule has 8 heteroatoms. The summed E-state index contributed by atoms with van der Waals surface area (Å²) in [6.45, 7) is 7.33. The molecule has 0 saturated carbocycles. The highest BCUT2D eigenvalue weighted by atomic mass is 127. The number of nitrogens with zero attached hydrogens (tertiary/aromatic N) is 2. The van der Waals surface area contributed by atoms with Crippen molar-refractivity contribution in [3.05, 3.63) is 0 Å². The van der Waals surface area contributed by atoms with E-state index in [0.29, 0.717) is 6.42 Å². The number of methoxy groups -OCH3 is 2. The van der Waals surface area contributed by atoms with Gasteiger partial charge >= 0.3 is 5.97 Å². The van der Waals surface area contributed by atoms with Crippen LogP contribution >= 0.6 is 24.0 Å². The second-order valence-corrected chi connectivity index (χ2v) is 5.72. The Hall–Kier alpha value is -0.610. The normalized spacial score (nSPS) is 11.2. The monoisotopic (exact) mass is 472 g/mol. The SMILES string of the molecule is CCNC(=NCCCCCC(=O)OC)NCCN(C)CCCOC.I. The molecule has 7 nitrogen and oxygen atoms in total. The standard InChI is InChI=1S/C17H36N4O3.HI/c1-5-18-17(19-11-8-6-7-10-16(22)24-4)20-12-14-21(2)13-9-15-23-3;/h5-15H2,1-4H3,(H2,18,19,20);1H. The third-order valence-electron chi connectivity index (χ3n) is 3.56. The van der Waals surface area contributed by atoms with Gasteiger partial charge in [-0.1, -0.05) is 6.42 Å². The summed E-state index contributed by atoms with van der Waals surface area (Å²) >= 11 is 0. The molecule has 0 unspecified atom stereocenters. The smallest absolute Gasteiger partial charge is 0.305 e. The largest absolute Gasteiger partial charge is 0.469 e. The van der Waals surface area contributed by atoms with Crippen molar-refractivity contribution < 1.29 is 14.3 Å². The number of aliphatic imine (C=N–C) groups is 1. The number of likely N-dealkylation sites (N-methyl/N-ethyl adjacent to an activating group) is 1. The fourth-order valence-electron chi connectivity index (χ4n) is 2.15. The molecule has 0 aliphatic heterocycles. The summed E-state index contributed by atoms with van der Waals surface area (Å²) in [6.07, 6.45) is 4.36. The van der Waals surface area contributed by atoms with Crippen LogP contribution in [0.4, 0.5) is 0 Å². The lowest BCUT2D eigenvalue weighted by atomic mass is 10.2. The molecule has 0 bridgehead atoms. The molecule has 150 valence electrons. The van der Waals surface area contributed by atoms with E-state index in [-0.39, 0.29) is 29.9 Å². The number of hydrogen-bond donors (Lipinski definition) is 2. The molecule has 0 aliphatic carbocycles. The van der Waals surface area contributed by atoms with Crippen molar-refractivity contribution in [2.24, 2.45) is 4.99 Å². The number of rotatable bonds is 14. The van der Waals surface area contributed by atoms with E-state index in [1.165, 1.54) is 7.11 Å². The van der Waals surface area contributed by atoms with Crippen LogP contribution in [-0.2, 0) is 14.3 Å². The molecule has 25 heavy (non-hydrogen) atoms. The molecule has 0 atom stereocenters. The summed E-state index contributed by atoms with van der Waals surface area (Å²) in [7, 11) is 5.27. The van der Waals surface area contributed by atoms with Crippen LogP contribution in [0, 0.1) is 0 Å². The quantitative estimate of drug-likeness (QED) is 0.132. The minimum Gasteiger partial charge on any atom is -0.469 e. The third kappa shape index (κ3) is 18.0. The van der Waals surface area contributed by atoms with Crippen molar-refractivity contribution in [3.8, 4) is 0 Å². The lowest BCUT2D eigenvalue weighted by Gasteiger charge is -2.18. The number of guanidine groups is 1. The average Bonchev–Trinajstić information content (AvgIpc) is 2.57. The molecule has 0 aliphatic rings. The summed E-state index contributed by atoms with van der Waals surface area (Å²) < 4.78 is 9.69. The Morgan fingerprint density at radius 2 is 1.84 bits per heavy atom. The van der Waals surface area contributed by atoms with Gasteiger partial charge in [0.1, 0.15) is 0 Å². The van der Waals surface area contributed by atoms with Crippen molar-refractivity contribution in [2.45, 2.75) is 39.0 Å². The number of carbonyl (C=O) groups excluding carboxylic acids is 1. The first-order valence-electron chi connectivity index (χ1n) is 8.90. The maximum atomic E-state index is 11.0. The Labute approximate surface area is 170 Å². The molecule has 0 spiro atoms. The molecule has 0 amide bonds. The van der Waals surface area contributed by atoms with Crippen LogP contribution in [0.1, 0.15) is 39.0 Å². The number of unbranched alkanes of at least 4 members (excludes halogenated alkanes) is 2. The second kappa shape index (κ2) is 19.7. The van der Waals surface area contributed by atoms with E-state index >= 15 is 0 Å². The second-order valence-electron chi connectivity index (χ2n) is 5.72. The number of esters is 1. The molecule has 0 heterocycles. The molecule has 0 aromatic carbocycles. The van der Waals surface area contributed by atoms with E-state index in [9.17, 15) is 4.79 Å². The first kappa shape index (κ1) is 26.6. The lowest BCUT2D eigenvalue weighted by molar-refractivity contribution is -0.140. The zero-order chi connectivity index (χ0) is 18.0. The molecule has 2 N–H and O–H groups in total. The summed E-state index contributed by atoms with van der Waals surface area (Å²) in [5.74, 6) is 0.721. The maximum absolute atomic E-state index is 11.0. The summed E-state index contributed by atoms with van der Waals surface area (Å²) in [5.41, 5.74) is 0. The van der Waals surface area contributed by atoms with Gasteiger partial charge in [-0.05, 0) is 33.2 Å². The van der Waals surface area contributed by atoms with Crippen molar-refractivity contribution in [3.63, 3.8) is 0 Å². The topological polar surface area (TPSA) is 75.2 Å². The number of ether oxygens (including phenoxy) is 2. The van der Waals surface area contributed by atoms with Gasteiger partial charge < -0.3 is 25.0 Å². The predicted molar refractivity (Wildman–Crippen MR) is 114 cm³/mol. The van der Waals surface area contributed by atoms with Crippen LogP contribution in [0.3, 0.4) is 0 Å². The number of nitrogens with one attached hydrogen (secondary N) is 2. The Bertz CT molecular complexity index is 344. The van der Waals surface area contributed by atoms with Crippen LogP contribution in [0.25, 0.3) is 0 Å². The van der Waals surface area contributed by atoms with Crippen LogP contribution in [-0.4, -0.2) is 77.4 Å². The predicted octanol–water partition coefficient (Wildman–Crippen LogP) is 1.86. The summed E-state index contributed by atoms with van der Waals surface area (Å²) in [4.78, 5) is 17.9. The third-order valence-corrected chi connectivity index (χ3v) is 3.56. The van der Waals surface area contributed by atoms with Crippen LogP contribution < -0.4 is 10.6 Å². The minimum atomic E-state index is -0.136. The zero-order valence-electron chi connectivity index (χ0n) is 16.3. The van der Waals surface area contributed by atoms with E-state index in [4.69, 9.17) is 4.74 Å². The number of hydrogen-bond acceptors (Lipinski definition) is 5. The molecule has 0 rings (SSSR count). The summed E-state index contributed by atoms with van der Waals surface area (Å²) in [5, 5.41) is 6.61. The van der Waals surface area contributed by atoms with Gasteiger partial charge in [0, 0.05) is 52.9 Å². The van der Waals surface area contributed by atoms with E-state index in [1.54, 1.807) is 7.11 Å². The molecule has 0 radical (unpaired) electrons. The highest BCUT2D eigenvalue weighted by Gasteiger charge is 2.01. The van der Waals surface area contributed by atoms with E-state index in [0.717, 1.165) is 71.0 Å². The zero-order valence-corrected chi connectivity index (χ0v) is 18.6. The molecule has 0 aromatic heterocycles. The fourth-order valence-corrected chi connectivity index (χ4v) is 2.15. The van der Waals surface area contributed by atoms with Gasteiger partial charge in [0.15, 0.2) is 5.96 Å². The molecular weight excluding hydrogens is 435 g/mol. The Kier molecular flexibility index (Phi) is 21.0.